The SMILES string of the molecule is CC(=O)c1cccc(NC(=O)CN2C(=O)[C@@H]3[C@H]4CC[C@H](C4)[C@@H]3C2=O)c1. The molecule has 2 saturated carbocycles. The molecule has 4 rings (SSSR count). The summed E-state index contributed by atoms with van der Waals surface area (Å²) in [4.78, 5) is 50.0. The molecular weight excluding hydrogens is 320 g/mol. The predicted octanol–water partition coefficient (Wildman–Crippen LogP) is 1.86. The van der Waals surface area contributed by atoms with Crippen LogP contribution in [0.15, 0.2) is 24.3 Å². The van der Waals surface area contributed by atoms with E-state index in [4.69, 9.17) is 0 Å². The second-order valence-corrected chi connectivity index (χ2v) is 7.33. The number of ketones is 1. The zero-order valence-corrected chi connectivity index (χ0v) is 14.0. The number of nitrogens with one attached hydrogen (secondary N) is 1. The van der Waals surface area contributed by atoms with Crippen molar-refractivity contribution in [3.63, 3.8) is 0 Å². The smallest absolute Gasteiger partial charge is 0.244 e. The highest BCUT2D eigenvalue weighted by Gasteiger charge is 2.60. The highest BCUT2D eigenvalue weighted by molar-refractivity contribution is 6.09. The van der Waals surface area contributed by atoms with E-state index in [0.717, 1.165) is 24.2 Å². The van der Waals surface area contributed by atoms with Gasteiger partial charge in [-0.1, -0.05) is 12.1 Å². The summed E-state index contributed by atoms with van der Waals surface area (Å²) in [6.45, 7) is 1.20. The Morgan fingerprint density at radius 3 is 2.36 bits per heavy atom. The molecule has 3 amide bonds. The molecule has 3 fully saturated rings. The van der Waals surface area contributed by atoms with Crippen molar-refractivity contribution in [2.45, 2.75) is 26.2 Å². The number of hydrogen-bond acceptors (Lipinski definition) is 4. The van der Waals surface area contributed by atoms with Crippen molar-refractivity contribution < 1.29 is 19.2 Å². The zero-order chi connectivity index (χ0) is 17.7. The van der Waals surface area contributed by atoms with Crippen LogP contribution in [-0.2, 0) is 14.4 Å². The van der Waals surface area contributed by atoms with E-state index < -0.39 is 5.91 Å². The molecule has 0 radical (unpaired) electrons. The normalized spacial score (nSPS) is 29.9. The first-order valence-corrected chi connectivity index (χ1v) is 8.72. The number of carbonyl (C=O) groups excluding carboxylic acids is 4. The average molecular weight is 340 g/mol. The van der Waals surface area contributed by atoms with Crippen LogP contribution in [0.25, 0.3) is 0 Å². The van der Waals surface area contributed by atoms with E-state index in [1.165, 1.54) is 6.92 Å². The predicted molar refractivity (Wildman–Crippen MR) is 89.6 cm³/mol. The topological polar surface area (TPSA) is 83.6 Å². The lowest BCUT2D eigenvalue weighted by Crippen LogP contribution is -2.39. The zero-order valence-electron chi connectivity index (χ0n) is 14.0. The highest BCUT2D eigenvalue weighted by Crippen LogP contribution is 2.56. The highest BCUT2D eigenvalue weighted by atomic mass is 16.2. The van der Waals surface area contributed by atoms with Crippen LogP contribution in [0.1, 0.15) is 36.5 Å². The summed E-state index contributed by atoms with van der Waals surface area (Å²) in [6, 6.07) is 6.61. The summed E-state index contributed by atoms with van der Waals surface area (Å²) in [5, 5.41) is 2.67. The Morgan fingerprint density at radius 1 is 1.12 bits per heavy atom. The second kappa shape index (κ2) is 5.79. The van der Waals surface area contributed by atoms with Crippen LogP contribution in [0.2, 0.25) is 0 Å². The number of rotatable bonds is 4. The third kappa shape index (κ3) is 2.56. The van der Waals surface area contributed by atoms with Gasteiger partial charge in [-0.15, -0.1) is 0 Å². The van der Waals surface area contributed by atoms with Gasteiger partial charge in [0.2, 0.25) is 17.7 Å². The summed E-state index contributed by atoms with van der Waals surface area (Å²) in [6.07, 6.45) is 3.01. The number of amides is 3. The van der Waals surface area contributed by atoms with E-state index in [1.807, 2.05) is 0 Å². The molecular formula is C19H20N2O4. The van der Waals surface area contributed by atoms with E-state index in [1.54, 1.807) is 24.3 Å². The van der Waals surface area contributed by atoms with Gasteiger partial charge < -0.3 is 5.32 Å². The number of carbonyl (C=O) groups is 4. The molecule has 130 valence electrons. The van der Waals surface area contributed by atoms with Crippen LogP contribution in [-0.4, -0.2) is 34.9 Å². The molecule has 1 aromatic rings. The van der Waals surface area contributed by atoms with Crippen LogP contribution >= 0.6 is 0 Å². The van der Waals surface area contributed by atoms with Gasteiger partial charge in [0, 0.05) is 11.3 Å². The van der Waals surface area contributed by atoms with Crippen LogP contribution in [0, 0.1) is 23.7 Å². The molecule has 4 atom stereocenters. The number of imide groups is 1. The fourth-order valence-electron chi connectivity index (χ4n) is 4.79. The van der Waals surface area contributed by atoms with Gasteiger partial charge in [0.15, 0.2) is 5.78 Å². The quantitative estimate of drug-likeness (QED) is 0.670. The Kier molecular flexibility index (Phi) is 3.71. The Hall–Kier alpha value is -2.50. The lowest BCUT2D eigenvalue weighted by atomic mass is 9.81. The molecule has 2 bridgehead atoms. The molecule has 1 aromatic carbocycles. The summed E-state index contributed by atoms with van der Waals surface area (Å²) in [5.74, 6) is -0.678. The standard InChI is InChI=1S/C19H20N2O4/c1-10(22)11-3-2-4-14(8-11)20-15(23)9-21-18(24)16-12-5-6-13(7-12)17(16)19(21)25/h2-4,8,12-13,16-17H,5-7,9H2,1H3,(H,20,23)/t12-,13+,16+,17-. The Balaban J connectivity index is 1.45. The number of likely N-dealkylation sites (tertiary alicyclic amines) is 1. The summed E-state index contributed by atoms with van der Waals surface area (Å²) < 4.78 is 0. The van der Waals surface area contributed by atoms with Crippen molar-refractivity contribution >= 4 is 29.2 Å². The molecule has 1 heterocycles. The molecule has 2 aliphatic carbocycles. The summed E-state index contributed by atoms with van der Waals surface area (Å²) >= 11 is 0. The molecule has 3 aliphatic rings. The third-order valence-corrected chi connectivity index (χ3v) is 5.87. The van der Waals surface area contributed by atoms with Crippen molar-refractivity contribution in [1.82, 2.24) is 4.90 Å². The average Bonchev–Trinajstić information content (AvgIpc) is 3.25. The number of fused-ring (bicyclic) bond motifs is 5. The molecule has 6 heteroatoms. The van der Waals surface area contributed by atoms with Crippen molar-refractivity contribution in [3.05, 3.63) is 29.8 Å². The Bertz CT molecular complexity index is 759. The van der Waals surface area contributed by atoms with Gasteiger partial charge in [0.05, 0.1) is 11.8 Å². The van der Waals surface area contributed by atoms with Gasteiger partial charge >= 0.3 is 0 Å². The number of Topliss-reactive ketones (excluding diaryl/α,β-unsaturated/α-hetero) is 1. The molecule has 1 N–H and O–H groups in total. The first-order valence-electron chi connectivity index (χ1n) is 8.72. The lowest BCUT2D eigenvalue weighted by Gasteiger charge is -2.19. The van der Waals surface area contributed by atoms with Crippen LogP contribution in [0.5, 0.6) is 0 Å². The minimum atomic E-state index is -0.422. The molecule has 0 spiro atoms. The lowest BCUT2D eigenvalue weighted by molar-refractivity contribution is -0.143. The first-order chi connectivity index (χ1) is 12.0. The van der Waals surface area contributed by atoms with E-state index in [0.29, 0.717) is 23.1 Å². The fourth-order valence-corrected chi connectivity index (χ4v) is 4.79. The van der Waals surface area contributed by atoms with Gasteiger partial charge in [-0.3, -0.25) is 24.1 Å². The van der Waals surface area contributed by atoms with Gasteiger partial charge in [-0.05, 0) is 50.2 Å². The van der Waals surface area contributed by atoms with Crippen LogP contribution < -0.4 is 5.32 Å². The monoisotopic (exact) mass is 340 g/mol. The fraction of sp³-hybridized carbons (Fsp3) is 0.474. The second-order valence-electron chi connectivity index (χ2n) is 7.33. The van der Waals surface area contributed by atoms with E-state index in [2.05, 4.69) is 5.32 Å². The van der Waals surface area contributed by atoms with Gasteiger partial charge in [-0.25, -0.2) is 0 Å². The molecule has 1 saturated heterocycles. The van der Waals surface area contributed by atoms with Gasteiger partial charge in [0.25, 0.3) is 0 Å². The Morgan fingerprint density at radius 2 is 1.76 bits per heavy atom. The van der Waals surface area contributed by atoms with Gasteiger partial charge in [0.1, 0.15) is 6.54 Å². The largest absolute Gasteiger partial charge is 0.325 e. The van der Waals surface area contributed by atoms with Crippen molar-refractivity contribution in [2.24, 2.45) is 23.7 Å². The number of benzene rings is 1. The maximum absolute atomic E-state index is 12.6. The maximum Gasteiger partial charge on any atom is 0.244 e. The number of hydrogen-bond donors (Lipinski definition) is 1. The van der Waals surface area contributed by atoms with E-state index in [-0.39, 0.29) is 36.0 Å². The summed E-state index contributed by atoms with van der Waals surface area (Å²) in [7, 11) is 0. The molecule has 1 aliphatic heterocycles. The minimum Gasteiger partial charge on any atom is -0.325 e. The maximum atomic E-state index is 12.6. The van der Waals surface area contributed by atoms with Crippen molar-refractivity contribution in [2.75, 3.05) is 11.9 Å². The number of nitrogens with zero attached hydrogens (tertiary/aromatic N) is 1. The van der Waals surface area contributed by atoms with Gasteiger partial charge in [-0.2, -0.15) is 0 Å². The molecule has 0 unspecified atom stereocenters. The summed E-state index contributed by atoms with van der Waals surface area (Å²) in [5.41, 5.74) is 0.981. The molecule has 25 heavy (non-hydrogen) atoms. The van der Waals surface area contributed by atoms with Crippen LogP contribution in [0.4, 0.5) is 5.69 Å². The molecule has 6 nitrogen and oxygen atoms in total. The Labute approximate surface area is 145 Å². The minimum absolute atomic E-state index is 0.0932. The van der Waals surface area contributed by atoms with Crippen molar-refractivity contribution in [1.29, 1.82) is 0 Å². The number of anilines is 1. The van der Waals surface area contributed by atoms with E-state index in [9.17, 15) is 19.2 Å². The van der Waals surface area contributed by atoms with E-state index >= 15 is 0 Å². The van der Waals surface area contributed by atoms with Crippen molar-refractivity contribution in [3.8, 4) is 0 Å². The van der Waals surface area contributed by atoms with Crippen LogP contribution in [0.3, 0.4) is 0 Å². The first kappa shape index (κ1) is 16.0. The third-order valence-electron chi connectivity index (χ3n) is 5.87. The molecule has 0 aromatic heterocycles.